The minimum Gasteiger partial charge on any atom is -0.501 e. The van der Waals surface area contributed by atoms with Gasteiger partial charge in [-0.25, -0.2) is 0 Å². The molecule has 0 heterocycles. The second-order valence-corrected chi connectivity index (χ2v) is 4.35. The van der Waals surface area contributed by atoms with E-state index in [0.29, 0.717) is 23.9 Å². The van der Waals surface area contributed by atoms with Gasteiger partial charge in [0.25, 0.3) is 0 Å². The molecule has 0 aliphatic heterocycles. The quantitative estimate of drug-likeness (QED) is 0.642. The summed E-state index contributed by atoms with van der Waals surface area (Å²) in [5.74, 6) is 2.77. The van der Waals surface area contributed by atoms with E-state index in [4.69, 9.17) is 9.47 Å². The second kappa shape index (κ2) is 3.43. The number of methoxy groups -OCH3 is 2. The molecule has 78 valence electrons. The predicted molar refractivity (Wildman–Crippen MR) is 55.8 cm³/mol. The fourth-order valence-corrected chi connectivity index (χ4v) is 2.56. The number of ether oxygens (including phenoxy) is 2. The average molecular weight is 194 g/mol. The summed E-state index contributed by atoms with van der Waals surface area (Å²) in [5.41, 5.74) is 1.19. The van der Waals surface area contributed by atoms with Crippen LogP contribution in [0.15, 0.2) is 24.0 Å². The standard InChI is InChI=1S/C12H18O2/c1-7(2)8-5-9-10(12(9)14-4)6-11(8)13-3/h6,8-10,12H,1,5H2,2-4H3/t8-,9+,10-,12+/m0/s1. The maximum atomic E-state index is 5.40. The molecule has 0 spiro atoms. The van der Waals surface area contributed by atoms with Crippen molar-refractivity contribution < 1.29 is 9.47 Å². The number of hydrogen-bond donors (Lipinski definition) is 0. The Labute approximate surface area is 85.6 Å². The van der Waals surface area contributed by atoms with E-state index in [9.17, 15) is 0 Å². The molecule has 2 aliphatic rings. The Morgan fingerprint density at radius 1 is 1.50 bits per heavy atom. The highest BCUT2D eigenvalue weighted by molar-refractivity contribution is 5.25. The Bertz CT molecular complexity index is 280. The van der Waals surface area contributed by atoms with E-state index in [0.717, 1.165) is 12.2 Å². The molecule has 2 nitrogen and oxygen atoms in total. The molecule has 0 saturated heterocycles. The topological polar surface area (TPSA) is 18.5 Å². The first kappa shape index (κ1) is 9.78. The lowest BCUT2D eigenvalue weighted by Gasteiger charge is -2.22. The Kier molecular flexibility index (Phi) is 2.40. The number of hydrogen-bond acceptors (Lipinski definition) is 2. The molecule has 2 rings (SSSR count). The van der Waals surface area contributed by atoms with Gasteiger partial charge in [-0.2, -0.15) is 0 Å². The summed E-state index contributed by atoms with van der Waals surface area (Å²) in [6, 6.07) is 0. The van der Waals surface area contributed by atoms with Gasteiger partial charge in [0.15, 0.2) is 0 Å². The molecule has 0 aromatic carbocycles. The summed E-state index contributed by atoms with van der Waals surface area (Å²) in [6.07, 6.45) is 3.78. The van der Waals surface area contributed by atoms with Crippen LogP contribution in [-0.2, 0) is 9.47 Å². The van der Waals surface area contributed by atoms with E-state index < -0.39 is 0 Å². The van der Waals surface area contributed by atoms with Crippen LogP contribution in [0.25, 0.3) is 0 Å². The van der Waals surface area contributed by atoms with Crippen LogP contribution in [0.1, 0.15) is 13.3 Å². The van der Waals surface area contributed by atoms with E-state index in [1.165, 1.54) is 5.57 Å². The Balaban J connectivity index is 2.14. The maximum absolute atomic E-state index is 5.40. The molecular formula is C12H18O2. The van der Waals surface area contributed by atoms with Gasteiger partial charge in [-0.15, -0.1) is 0 Å². The minimum atomic E-state index is 0.404. The third-order valence-electron chi connectivity index (χ3n) is 3.47. The molecule has 2 heteroatoms. The number of rotatable bonds is 3. The first-order chi connectivity index (χ1) is 6.69. The summed E-state index contributed by atoms with van der Waals surface area (Å²) in [4.78, 5) is 0. The van der Waals surface area contributed by atoms with Crippen molar-refractivity contribution >= 4 is 0 Å². The molecule has 0 aromatic rings. The first-order valence-corrected chi connectivity index (χ1v) is 5.13. The second-order valence-electron chi connectivity index (χ2n) is 4.35. The predicted octanol–water partition coefficient (Wildman–Crippen LogP) is 2.37. The lowest BCUT2D eigenvalue weighted by molar-refractivity contribution is 0.162. The van der Waals surface area contributed by atoms with Crippen molar-refractivity contribution in [1.82, 2.24) is 0 Å². The highest BCUT2D eigenvalue weighted by Crippen LogP contribution is 2.53. The van der Waals surface area contributed by atoms with Crippen LogP contribution in [0.5, 0.6) is 0 Å². The lowest BCUT2D eigenvalue weighted by Crippen LogP contribution is -2.12. The zero-order chi connectivity index (χ0) is 10.3. The van der Waals surface area contributed by atoms with E-state index in [1.807, 2.05) is 0 Å². The molecule has 0 radical (unpaired) electrons. The van der Waals surface area contributed by atoms with Gasteiger partial charge < -0.3 is 9.47 Å². The van der Waals surface area contributed by atoms with Crippen molar-refractivity contribution in [2.75, 3.05) is 14.2 Å². The zero-order valence-electron chi connectivity index (χ0n) is 9.12. The molecule has 4 atom stereocenters. The molecule has 1 saturated carbocycles. The fourth-order valence-electron chi connectivity index (χ4n) is 2.56. The van der Waals surface area contributed by atoms with Gasteiger partial charge in [0.05, 0.1) is 19.0 Å². The fraction of sp³-hybridized carbons (Fsp3) is 0.667. The summed E-state index contributed by atoms with van der Waals surface area (Å²) >= 11 is 0. The molecule has 0 unspecified atom stereocenters. The van der Waals surface area contributed by atoms with Crippen LogP contribution in [-0.4, -0.2) is 20.3 Å². The SMILES string of the molecule is C=C(C)[C@@H]1C[C@@H]2[C@H](C=C1OC)[C@@H]2OC. The van der Waals surface area contributed by atoms with Crippen molar-refractivity contribution in [2.45, 2.75) is 19.4 Å². The van der Waals surface area contributed by atoms with Gasteiger partial charge in [0.1, 0.15) is 0 Å². The van der Waals surface area contributed by atoms with Crippen molar-refractivity contribution in [3.8, 4) is 0 Å². The minimum absolute atomic E-state index is 0.404. The van der Waals surface area contributed by atoms with Gasteiger partial charge in [0, 0.05) is 18.9 Å². The van der Waals surface area contributed by atoms with Gasteiger partial charge in [-0.05, 0) is 25.3 Å². The molecule has 0 N–H and O–H groups in total. The van der Waals surface area contributed by atoms with Crippen LogP contribution in [0.2, 0.25) is 0 Å². The Hall–Kier alpha value is -0.760. The largest absolute Gasteiger partial charge is 0.501 e. The first-order valence-electron chi connectivity index (χ1n) is 5.13. The van der Waals surface area contributed by atoms with Crippen LogP contribution >= 0.6 is 0 Å². The normalized spacial score (nSPS) is 39.8. The van der Waals surface area contributed by atoms with Crippen LogP contribution in [0.4, 0.5) is 0 Å². The number of fused-ring (bicyclic) bond motifs is 1. The van der Waals surface area contributed by atoms with Gasteiger partial charge >= 0.3 is 0 Å². The summed E-state index contributed by atoms with van der Waals surface area (Å²) in [5, 5.41) is 0. The van der Waals surface area contributed by atoms with Crippen molar-refractivity contribution in [3.63, 3.8) is 0 Å². The molecule has 1 fully saturated rings. The van der Waals surface area contributed by atoms with Crippen LogP contribution in [0, 0.1) is 17.8 Å². The van der Waals surface area contributed by atoms with Crippen molar-refractivity contribution in [2.24, 2.45) is 17.8 Å². The lowest BCUT2D eigenvalue weighted by atomic mass is 9.88. The summed E-state index contributed by atoms with van der Waals surface area (Å²) in [6.45, 7) is 6.09. The van der Waals surface area contributed by atoms with Crippen LogP contribution < -0.4 is 0 Å². The van der Waals surface area contributed by atoms with E-state index in [2.05, 4.69) is 19.6 Å². The van der Waals surface area contributed by atoms with Crippen molar-refractivity contribution in [1.29, 1.82) is 0 Å². The zero-order valence-corrected chi connectivity index (χ0v) is 9.12. The number of allylic oxidation sites excluding steroid dienone is 1. The Morgan fingerprint density at radius 3 is 2.71 bits per heavy atom. The average Bonchev–Trinajstić information content (AvgIpc) is 2.87. The highest BCUT2D eigenvalue weighted by Gasteiger charge is 2.53. The maximum Gasteiger partial charge on any atom is 0.0990 e. The molecule has 0 bridgehead atoms. The highest BCUT2D eigenvalue weighted by atomic mass is 16.5. The van der Waals surface area contributed by atoms with Crippen LogP contribution in [0.3, 0.4) is 0 Å². The summed E-state index contributed by atoms with van der Waals surface area (Å²) in [7, 11) is 3.53. The molecular weight excluding hydrogens is 176 g/mol. The van der Waals surface area contributed by atoms with Gasteiger partial charge in [0.2, 0.25) is 0 Å². The molecule has 14 heavy (non-hydrogen) atoms. The Morgan fingerprint density at radius 2 is 2.21 bits per heavy atom. The van der Waals surface area contributed by atoms with E-state index in [1.54, 1.807) is 14.2 Å². The third kappa shape index (κ3) is 1.38. The third-order valence-corrected chi connectivity index (χ3v) is 3.47. The monoisotopic (exact) mass is 194 g/mol. The smallest absolute Gasteiger partial charge is 0.0990 e. The van der Waals surface area contributed by atoms with Gasteiger partial charge in [-0.3, -0.25) is 0 Å². The van der Waals surface area contributed by atoms with Gasteiger partial charge in [-0.1, -0.05) is 12.2 Å². The molecule has 0 amide bonds. The molecule has 0 aromatic heterocycles. The van der Waals surface area contributed by atoms with E-state index >= 15 is 0 Å². The van der Waals surface area contributed by atoms with Crippen molar-refractivity contribution in [3.05, 3.63) is 24.0 Å². The summed E-state index contributed by atoms with van der Waals surface area (Å²) < 4.78 is 10.8. The molecule has 2 aliphatic carbocycles. The van der Waals surface area contributed by atoms with E-state index in [-0.39, 0.29) is 0 Å².